The Morgan fingerprint density at radius 3 is 2.94 bits per heavy atom. The normalized spacial score (nSPS) is 10.4. The van der Waals surface area contributed by atoms with E-state index in [0.717, 1.165) is 33.7 Å². The first-order valence-corrected chi connectivity index (χ1v) is 6.06. The molecule has 2 N–H and O–H groups in total. The Morgan fingerprint density at radius 2 is 2.25 bits per heavy atom. The number of hydrogen-bond donors (Lipinski definition) is 2. The van der Waals surface area contributed by atoms with Crippen molar-refractivity contribution < 1.29 is 0 Å². The third kappa shape index (κ3) is 2.11. The van der Waals surface area contributed by atoms with Gasteiger partial charge in [-0.3, -0.25) is 5.10 Å². The summed E-state index contributed by atoms with van der Waals surface area (Å²) in [7, 11) is 0. The predicted molar refractivity (Wildman–Crippen MR) is 70.6 cm³/mol. The van der Waals surface area contributed by atoms with Crippen molar-refractivity contribution in [1.82, 2.24) is 10.2 Å². The van der Waals surface area contributed by atoms with E-state index in [0.29, 0.717) is 0 Å². The van der Waals surface area contributed by atoms with Gasteiger partial charge in [0.15, 0.2) is 5.82 Å². The van der Waals surface area contributed by atoms with Crippen LogP contribution in [0.25, 0.3) is 11.3 Å². The summed E-state index contributed by atoms with van der Waals surface area (Å²) in [5.41, 5.74) is 3.36. The summed E-state index contributed by atoms with van der Waals surface area (Å²) in [5.74, 6) is 0.928. The third-order valence-electron chi connectivity index (χ3n) is 2.47. The monoisotopic (exact) mass is 279 g/mol. The molecule has 0 aliphatic carbocycles. The number of halogens is 1. The van der Waals surface area contributed by atoms with Gasteiger partial charge in [-0.2, -0.15) is 5.10 Å². The van der Waals surface area contributed by atoms with Gasteiger partial charge in [-0.05, 0) is 26.0 Å². The summed E-state index contributed by atoms with van der Waals surface area (Å²) in [6, 6.07) is 8.18. The summed E-state index contributed by atoms with van der Waals surface area (Å²) in [6.45, 7) is 5.01. The average molecular weight is 280 g/mol. The molecule has 0 atom stereocenters. The molecule has 16 heavy (non-hydrogen) atoms. The molecule has 0 amide bonds. The summed E-state index contributed by atoms with van der Waals surface area (Å²) in [5, 5.41) is 10.6. The van der Waals surface area contributed by atoms with Gasteiger partial charge in [0.05, 0.1) is 5.69 Å². The number of aromatic amines is 1. The Balaban J connectivity index is 2.41. The van der Waals surface area contributed by atoms with Gasteiger partial charge in [0, 0.05) is 22.1 Å². The second-order valence-corrected chi connectivity index (χ2v) is 4.53. The zero-order valence-electron chi connectivity index (χ0n) is 9.34. The number of nitrogens with one attached hydrogen (secondary N) is 2. The second kappa shape index (κ2) is 4.70. The summed E-state index contributed by atoms with van der Waals surface area (Å²) < 4.78 is 1.07. The van der Waals surface area contributed by atoms with Gasteiger partial charge >= 0.3 is 0 Å². The van der Waals surface area contributed by atoms with Crippen molar-refractivity contribution in [3.05, 3.63) is 34.3 Å². The second-order valence-electron chi connectivity index (χ2n) is 3.61. The molecule has 0 bridgehead atoms. The molecule has 0 spiro atoms. The minimum absolute atomic E-state index is 0.879. The van der Waals surface area contributed by atoms with E-state index in [-0.39, 0.29) is 0 Å². The Kier molecular flexibility index (Phi) is 3.29. The van der Waals surface area contributed by atoms with Crippen LogP contribution in [-0.4, -0.2) is 16.7 Å². The number of nitrogens with zero attached hydrogens (tertiary/aromatic N) is 1. The van der Waals surface area contributed by atoms with E-state index in [1.807, 2.05) is 12.1 Å². The van der Waals surface area contributed by atoms with Crippen molar-refractivity contribution in [2.75, 3.05) is 11.9 Å². The summed E-state index contributed by atoms with van der Waals surface area (Å²) in [4.78, 5) is 0. The van der Waals surface area contributed by atoms with Crippen LogP contribution in [0.1, 0.15) is 12.5 Å². The van der Waals surface area contributed by atoms with Crippen LogP contribution in [0.5, 0.6) is 0 Å². The lowest BCUT2D eigenvalue weighted by Crippen LogP contribution is -1.97. The summed E-state index contributed by atoms with van der Waals surface area (Å²) >= 11 is 3.47. The Morgan fingerprint density at radius 1 is 1.44 bits per heavy atom. The van der Waals surface area contributed by atoms with Crippen LogP contribution in [0.4, 0.5) is 5.82 Å². The fourth-order valence-corrected chi connectivity index (χ4v) is 2.06. The highest BCUT2D eigenvalue weighted by atomic mass is 79.9. The molecule has 0 radical (unpaired) electrons. The van der Waals surface area contributed by atoms with Crippen molar-refractivity contribution in [3.63, 3.8) is 0 Å². The van der Waals surface area contributed by atoms with Crippen LogP contribution in [0.2, 0.25) is 0 Å². The van der Waals surface area contributed by atoms with Gasteiger partial charge in [0.1, 0.15) is 0 Å². The lowest BCUT2D eigenvalue weighted by atomic mass is 10.1. The van der Waals surface area contributed by atoms with Crippen LogP contribution in [-0.2, 0) is 0 Å². The predicted octanol–water partition coefficient (Wildman–Crippen LogP) is 3.58. The molecule has 1 aromatic carbocycles. The first kappa shape index (κ1) is 11.2. The third-order valence-corrected chi connectivity index (χ3v) is 2.96. The Bertz CT molecular complexity index is 491. The van der Waals surface area contributed by atoms with E-state index in [1.54, 1.807) is 0 Å². The lowest BCUT2D eigenvalue weighted by molar-refractivity contribution is 1.07. The standard InChI is InChI=1S/C12H14BrN3/c1-3-14-12-8(2)11(15-16-12)9-5-4-6-10(13)7-9/h4-7H,3H2,1-2H3,(H2,14,15,16). The van der Waals surface area contributed by atoms with Gasteiger partial charge in [-0.25, -0.2) is 0 Å². The number of H-pyrrole nitrogens is 1. The maximum Gasteiger partial charge on any atom is 0.151 e. The van der Waals surface area contributed by atoms with Crippen molar-refractivity contribution in [3.8, 4) is 11.3 Å². The molecule has 0 aliphatic heterocycles. The fraction of sp³-hybridized carbons (Fsp3) is 0.250. The molecule has 3 nitrogen and oxygen atoms in total. The number of anilines is 1. The van der Waals surface area contributed by atoms with Gasteiger partial charge in [0.2, 0.25) is 0 Å². The molecule has 1 aromatic heterocycles. The van der Waals surface area contributed by atoms with Crippen LogP contribution in [0.3, 0.4) is 0 Å². The molecular weight excluding hydrogens is 266 g/mol. The number of benzene rings is 1. The van der Waals surface area contributed by atoms with E-state index in [1.165, 1.54) is 0 Å². The first-order chi connectivity index (χ1) is 7.72. The van der Waals surface area contributed by atoms with E-state index >= 15 is 0 Å². The van der Waals surface area contributed by atoms with Gasteiger partial charge in [-0.1, -0.05) is 28.1 Å². The van der Waals surface area contributed by atoms with Gasteiger partial charge < -0.3 is 5.32 Å². The Labute approximate surface area is 103 Å². The number of rotatable bonds is 3. The first-order valence-electron chi connectivity index (χ1n) is 5.27. The topological polar surface area (TPSA) is 40.7 Å². The van der Waals surface area contributed by atoms with Crippen LogP contribution in [0.15, 0.2) is 28.7 Å². The maximum atomic E-state index is 4.26. The van der Waals surface area contributed by atoms with Crippen LogP contribution >= 0.6 is 15.9 Å². The molecule has 0 saturated carbocycles. The van der Waals surface area contributed by atoms with Crippen molar-refractivity contribution >= 4 is 21.7 Å². The number of aromatic nitrogens is 2. The SMILES string of the molecule is CCNc1n[nH]c(-c2cccc(Br)c2)c1C. The maximum absolute atomic E-state index is 4.26. The molecule has 84 valence electrons. The highest BCUT2D eigenvalue weighted by molar-refractivity contribution is 9.10. The molecule has 0 unspecified atom stereocenters. The molecule has 2 rings (SSSR count). The molecule has 2 aromatic rings. The molecular formula is C12H14BrN3. The molecule has 0 fully saturated rings. The smallest absolute Gasteiger partial charge is 0.151 e. The zero-order valence-corrected chi connectivity index (χ0v) is 10.9. The van der Waals surface area contributed by atoms with Crippen LogP contribution < -0.4 is 5.32 Å². The molecule has 1 heterocycles. The van der Waals surface area contributed by atoms with E-state index in [4.69, 9.17) is 0 Å². The van der Waals surface area contributed by atoms with E-state index in [2.05, 4.69) is 57.4 Å². The van der Waals surface area contributed by atoms with E-state index < -0.39 is 0 Å². The molecule has 0 saturated heterocycles. The summed E-state index contributed by atoms with van der Waals surface area (Å²) in [6.07, 6.45) is 0. The van der Waals surface area contributed by atoms with Crippen LogP contribution in [0, 0.1) is 6.92 Å². The highest BCUT2D eigenvalue weighted by Crippen LogP contribution is 2.27. The lowest BCUT2D eigenvalue weighted by Gasteiger charge is -2.02. The Hall–Kier alpha value is -1.29. The van der Waals surface area contributed by atoms with Gasteiger partial charge in [-0.15, -0.1) is 0 Å². The largest absolute Gasteiger partial charge is 0.369 e. The average Bonchev–Trinajstić information content (AvgIpc) is 2.61. The minimum Gasteiger partial charge on any atom is -0.369 e. The minimum atomic E-state index is 0.879. The number of hydrogen-bond acceptors (Lipinski definition) is 2. The fourth-order valence-electron chi connectivity index (χ4n) is 1.66. The molecule has 4 heteroatoms. The van der Waals surface area contributed by atoms with E-state index in [9.17, 15) is 0 Å². The zero-order chi connectivity index (χ0) is 11.5. The van der Waals surface area contributed by atoms with Crippen molar-refractivity contribution in [2.24, 2.45) is 0 Å². The highest BCUT2D eigenvalue weighted by Gasteiger charge is 2.09. The van der Waals surface area contributed by atoms with Crippen molar-refractivity contribution in [2.45, 2.75) is 13.8 Å². The van der Waals surface area contributed by atoms with Crippen molar-refractivity contribution in [1.29, 1.82) is 0 Å². The molecule has 0 aliphatic rings. The van der Waals surface area contributed by atoms with Gasteiger partial charge in [0.25, 0.3) is 0 Å². The quantitative estimate of drug-likeness (QED) is 0.902.